The van der Waals surface area contributed by atoms with E-state index in [1.807, 2.05) is 17.4 Å². The zero-order valence-electron chi connectivity index (χ0n) is 11.5. The predicted octanol–water partition coefficient (Wildman–Crippen LogP) is 6.27. The smallest absolute Gasteiger partial charge is 0.0456 e. The Morgan fingerprint density at radius 3 is 2.81 bits per heavy atom. The highest BCUT2D eigenvalue weighted by Gasteiger charge is 2.16. The number of nitrogens with one attached hydrogen (secondary N) is 1. The average molecular weight is 401 g/mol. The van der Waals surface area contributed by atoms with Crippen molar-refractivity contribution in [2.45, 2.75) is 19.4 Å². The number of hydrogen-bond donors (Lipinski definition) is 1. The number of benzene rings is 1. The first-order chi connectivity index (χ1) is 10.2. The van der Waals surface area contributed by atoms with E-state index in [1.54, 1.807) is 11.3 Å². The zero-order valence-corrected chi connectivity index (χ0v) is 15.5. The van der Waals surface area contributed by atoms with Gasteiger partial charge in [-0.2, -0.15) is 0 Å². The molecule has 0 saturated carbocycles. The molecular weight excluding hydrogens is 386 g/mol. The maximum absolute atomic E-state index is 6.37. The summed E-state index contributed by atoms with van der Waals surface area (Å²) in [7, 11) is 0. The van der Waals surface area contributed by atoms with Crippen molar-refractivity contribution in [3.05, 3.63) is 55.6 Å². The van der Waals surface area contributed by atoms with Gasteiger partial charge in [-0.05, 0) is 48.2 Å². The molecule has 110 valence electrons. The number of likely N-dealkylation sites (N-methyl/N-ethyl adjacent to an activating group) is 1. The molecule has 0 aliphatic rings. The molecule has 1 nitrogen and oxygen atoms in total. The molecule has 3 rings (SSSR count). The third-order valence-corrected chi connectivity index (χ3v) is 6.44. The SMILES string of the molecule is CCNC(Cc1ccc(Br)cc1Cl)c1cc2sccc2s1. The Morgan fingerprint density at radius 1 is 1.24 bits per heavy atom. The van der Waals surface area contributed by atoms with Crippen molar-refractivity contribution in [1.29, 1.82) is 0 Å². The highest BCUT2D eigenvalue weighted by atomic mass is 79.9. The lowest BCUT2D eigenvalue weighted by atomic mass is 10.0. The second kappa shape index (κ2) is 6.80. The Balaban J connectivity index is 1.88. The lowest BCUT2D eigenvalue weighted by Gasteiger charge is -2.17. The Kier molecular flexibility index (Phi) is 5.02. The van der Waals surface area contributed by atoms with Crippen molar-refractivity contribution < 1.29 is 0 Å². The molecule has 3 aromatic rings. The van der Waals surface area contributed by atoms with E-state index in [-0.39, 0.29) is 0 Å². The molecule has 0 spiro atoms. The Hall–Kier alpha value is -0.390. The standard InChI is InChI=1S/C16H15BrClNS2/c1-2-19-13(7-10-3-4-11(17)8-12(10)18)15-9-16-14(21-15)5-6-20-16/h3-6,8-9,13,19H,2,7H2,1H3. The van der Waals surface area contributed by atoms with Gasteiger partial charge >= 0.3 is 0 Å². The minimum Gasteiger partial charge on any atom is -0.309 e. The second-order valence-corrected chi connectivity index (χ2v) is 8.23. The molecule has 21 heavy (non-hydrogen) atoms. The van der Waals surface area contributed by atoms with Crippen LogP contribution in [0.2, 0.25) is 5.02 Å². The van der Waals surface area contributed by atoms with Crippen molar-refractivity contribution in [2.24, 2.45) is 0 Å². The van der Waals surface area contributed by atoms with Crippen LogP contribution in [0.5, 0.6) is 0 Å². The lowest BCUT2D eigenvalue weighted by molar-refractivity contribution is 0.558. The van der Waals surface area contributed by atoms with Gasteiger partial charge in [-0.1, -0.05) is 40.5 Å². The van der Waals surface area contributed by atoms with Gasteiger partial charge in [-0.3, -0.25) is 0 Å². The fraction of sp³-hybridized carbons (Fsp3) is 0.250. The fourth-order valence-electron chi connectivity index (χ4n) is 2.38. The Bertz CT molecular complexity index is 721. The van der Waals surface area contributed by atoms with Crippen molar-refractivity contribution in [3.8, 4) is 0 Å². The van der Waals surface area contributed by atoms with Crippen LogP contribution in [-0.4, -0.2) is 6.54 Å². The van der Waals surface area contributed by atoms with Gasteiger partial charge in [0.1, 0.15) is 0 Å². The van der Waals surface area contributed by atoms with E-state index in [1.165, 1.54) is 19.8 Å². The first kappa shape index (κ1) is 15.5. The van der Waals surface area contributed by atoms with Crippen LogP contribution in [0, 0.1) is 0 Å². The molecule has 1 aromatic carbocycles. The summed E-state index contributed by atoms with van der Waals surface area (Å²) in [5.74, 6) is 0. The summed E-state index contributed by atoms with van der Waals surface area (Å²) in [5.41, 5.74) is 1.18. The molecule has 1 atom stereocenters. The van der Waals surface area contributed by atoms with Crippen LogP contribution < -0.4 is 5.32 Å². The first-order valence-electron chi connectivity index (χ1n) is 6.81. The lowest BCUT2D eigenvalue weighted by Crippen LogP contribution is -2.22. The number of hydrogen-bond acceptors (Lipinski definition) is 3. The minimum atomic E-state index is 0.318. The molecule has 1 N–H and O–H groups in total. The predicted molar refractivity (Wildman–Crippen MR) is 99.0 cm³/mol. The van der Waals surface area contributed by atoms with Crippen molar-refractivity contribution in [2.75, 3.05) is 6.54 Å². The molecule has 0 fully saturated rings. The molecular formula is C16H15BrClNS2. The van der Waals surface area contributed by atoms with Gasteiger partial charge in [0.15, 0.2) is 0 Å². The highest BCUT2D eigenvalue weighted by Crippen LogP contribution is 2.35. The maximum Gasteiger partial charge on any atom is 0.0456 e. The molecule has 0 aliphatic carbocycles. The highest BCUT2D eigenvalue weighted by molar-refractivity contribution is 9.10. The molecule has 1 unspecified atom stereocenters. The molecule has 0 bridgehead atoms. The van der Waals surface area contributed by atoms with Crippen molar-refractivity contribution in [1.82, 2.24) is 5.32 Å². The van der Waals surface area contributed by atoms with Crippen LogP contribution in [0.1, 0.15) is 23.4 Å². The van der Waals surface area contributed by atoms with E-state index in [0.717, 1.165) is 22.5 Å². The van der Waals surface area contributed by atoms with Gasteiger partial charge in [-0.15, -0.1) is 22.7 Å². The van der Waals surface area contributed by atoms with Crippen LogP contribution in [0.15, 0.2) is 40.2 Å². The molecule has 0 saturated heterocycles. The van der Waals surface area contributed by atoms with Crippen molar-refractivity contribution >= 4 is 59.6 Å². The van der Waals surface area contributed by atoms with Gasteiger partial charge in [0.2, 0.25) is 0 Å². The number of thiophene rings is 2. The number of fused-ring (bicyclic) bond motifs is 1. The van der Waals surface area contributed by atoms with E-state index in [4.69, 9.17) is 11.6 Å². The zero-order chi connectivity index (χ0) is 14.8. The average Bonchev–Trinajstić information content (AvgIpc) is 3.02. The number of rotatable bonds is 5. The summed E-state index contributed by atoms with van der Waals surface area (Å²) in [4.78, 5) is 1.39. The molecule has 2 aromatic heterocycles. The second-order valence-electron chi connectivity index (χ2n) is 4.85. The van der Waals surface area contributed by atoms with Gasteiger partial charge in [0.05, 0.1) is 0 Å². The van der Waals surface area contributed by atoms with Crippen LogP contribution in [0.3, 0.4) is 0 Å². The summed E-state index contributed by atoms with van der Waals surface area (Å²) in [5, 5.41) is 6.56. The fourth-order valence-corrected chi connectivity index (χ4v) is 5.33. The largest absolute Gasteiger partial charge is 0.309 e. The van der Waals surface area contributed by atoms with Crippen molar-refractivity contribution in [3.63, 3.8) is 0 Å². The molecule has 0 radical (unpaired) electrons. The van der Waals surface area contributed by atoms with E-state index in [2.05, 4.69) is 57.8 Å². The summed E-state index contributed by atoms with van der Waals surface area (Å²) >= 11 is 13.5. The normalized spacial score (nSPS) is 12.9. The van der Waals surface area contributed by atoms with Gasteiger partial charge in [-0.25, -0.2) is 0 Å². The maximum atomic E-state index is 6.37. The van der Waals surface area contributed by atoms with Gasteiger partial charge in [0.25, 0.3) is 0 Å². The topological polar surface area (TPSA) is 12.0 Å². The monoisotopic (exact) mass is 399 g/mol. The van der Waals surface area contributed by atoms with Crippen LogP contribution >= 0.6 is 50.2 Å². The first-order valence-corrected chi connectivity index (χ1v) is 9.68. The van der Waals surface area contributed by atoms with E-state index >= 15 is 0 Å². The number of halogens is 2. The Labute approximate surface area is 146 Å². The van der Waals surface area contributed by atoms with E-state index in [9.17, 15) is 0 Å². The molecule has 2 heterocycles. The molecule has 0 aliphatic heterocycles. The van der Waals surface area contributed by atoms with Gasteiger partial charge < -0.3 is 5.32 Å². The Morgan fingerprint density at radius 2 is 2.10 bits per heavy atom. The van der Waals surface area contributed by atoms with Crippen LogP contribution in [-0.2, 0) is 6.42 Å². The van der Waals surface area contributed by atoms with Gasteiger partial charge in [0, 0.05) is 29.8 Å². The summed E-state index contributed by atoms with van der Waals surface area (Å²) in [6, 6.07) is 10.9. The molecule has 5 heteroatoms. The minimum absolute atomic E-state index is 0.318. The quantitative estimate of drug-likeness (QED) is 0.532. The van der Waals surface area contributed by atoms with Crippen LogP contribution in [0.25, 0.3) is 9.40 Å². The van der Waals surface area contributed by atoms with E-state index < -0.39 is 0 Å². The third-order valence-electron chi connectivity index (χ3n) is 3.39. The third kappa shape index (κ3) is 3.51. The van der Waals surface area contributed by atoms with Crippen LogP contribution in [0.4, 0.5) is 0 Å². The summed E-state index contributed by atoms with van der Waals surface area (Å²) < 4.78 is 3.77. The summed E-state index contributed by atoms with van der Waals surface area (Å²) in [6.45, 7) is 3.09. The molecule has 0 amide bonds. The summed E-state index contributed by atoms with van der Waals surface area (Å²) in [6.07, 6.45) is 0.910. The van der Waals surface area contributed by atoms with E-state index in [0.29, 0.717) is 6.04 Å².